The smallest absolute Gasteiger partial charge is 0.411 e. The standard InChI is InChI=1S/C23H26N6O4.C22H24N6O5.CH4/c1-4-15-17-18(33-23(31)28(17)10-14-8-6-5-7-9-14)22(32-15)29-12-26-16-19(24-11-25-20(16)29)27-21(30)13(2)3;1-12(2)20(30)26-18-15-19(24-10-23-18)28(11-25-15)21-17-16(14(9-29)32-21)27(22(31)33-17)8-13-6-4-3-5-7-13;/h5-9,11-13,15,17-18,22H,4,10H2,1-3H3,(H,24,25,27,30);3-7,10-12,14,16-17,21,29H,8-9H2,1-2H3,(H,23,24,26,30);1H4/t15-,17-,18-,22-;14-,16-,17-,21-;/m11./s1. The molecule has 3 N–H and O–H groups in total. The van der Waals surface area contributed by atoms with Gasteiger partial charge in [0.05, 0.1) is 25.4 Å². The number of aliphatic hydroxyl groups excluding tert-OH is 1. The zero-order valence-corrected chi connectivity index (χ0v) is 36.9. The van der Waals surface area contributed by atoms with Crippen molar-refractivity contribution in [3.8, 4) is 0 Å². The van der Waals surface area contributed by atoms with E-state index in [0.717, 1.165) is 17.5 Å². The fraction of sp³-hybridized carbons (Fsp3) is 0.435. The van der Waals surface area contributed by atoms with E-state index in [1.807, 2.05) is 67.6 Å². The van der Waals surface area contributed by atoms with Gasteiger partial charge in [-0.15, -0.1) is 0 Å². The number of fused-ring (bicyclic) bond motifs is 4. The molecule has 4 amide bonds. The van der Waals surface area contributed by atoms with Gasteiger partial charge in [0.15, 0.2) is 58.6 Å². The number of amides is 4. The fourth-order valence-corrected chi connectivity index (χ4v) is 8.68. The van der Waals surface area contributed by atoms with E-state index < -0.39 is 42.9 Å². The second kappa shape index (κ2) is 19.4. The molecule has 21 nitrogen and oxygen atoms in total. The second-order valence-corrected chi connectivity index (χ2v) is 17.0. The van der Waals surface area contributed by atoms with Gasteiger partial charge in [0.1, 0.15) is 30.8 Å². The van der Waals surface area contributed by atoms with Gasteiger partial charge in [-0.1, -0.05) is 103 Å². The van der Waals surface area contributed by atoms with E-state index in [1.54, 1.807) is 53.0 Å². The third-order valence-electron chi connectivity index (χ3n) is 12.1. The summed E-state index contributed by atoms with van der Waals surface area (Å²) >= 11 is 0. The van der Waals surface area contributed by atoms with Crippen LogP contribution in [0.3, 0.4) is 0 Å². The second-order valence-electron chi connectivity index (χ2n) is 17.0. The zero-order chi connectivity index (χ0) is 46.2. The molecule has 4 aliphatic rings. The number of aromatic nitrogens is 8. The molecule has 10 rings (SSSR count). The summed E-state index contributed by atoms with van der Waals surface area (Å²) in [5.41, 5.74) is 3.74. The highest BCUT2D eigenvalue weighted by Crippen LogP contribution is 2.43. The third kappa shape index (κ3) is 8.84. The van der Waals surface area contributed by atoms with Crippen LogP contribution in [-0.4, -0.2) is 121 Å². The average Bonchev–Trinajstić information content (AvgIpc) is 4.18. The maximum Gasteiger partial charge on any atom is 0.411 e. The summed E-state index contributed by atoms with van der Waals surface area (Å²) in [6.45, 7) is 9.71. The minimum atomic E-state index is -0.745. The minimum absolute atomic E-state index is 0. The van der Waals surface area contributed by atoms with Crippen molar-refractivity contribution in [2.45, 2.75) is 111 Å². The molecule has 4 aliphatic heterocycles. The van der Waals surface area contributed by atoms with Gasteiger partial charge in [-0.05, 0) is 17.5 Å². The first-order valence-corrected chi connectivity index (χ1v) is 21.9. The van der Waals surface area contributed by atoms with Crippen molar-refractivity contribution in [2.75, 3.05) is 17.2 Å². The highest BCUT2D eigenvalue weighted by atomic mass is 16.6. The van der Waals surface area contributed by atoms with Gasteiger partial charge in [-0.3, -0.25) is 28.5 Å². The highest BCUT2D eigenvalue weighted by molar-refractivity contribution is 5.98. The predicted octanol–water partition coefficient (Wildman–Crippen LogP) is 5.45. The molecular formula is C46H54N12O9. The molecule has 0 unspecified atom stereocenters. The lowest BCUT2D eigenvalue weighted by molar-refractivity contribution is -0.119. The molecule has 4 aromatic heterocycles. The van der Waals surface area contributed by atoms with Crippen molar-refractivity contribution in [3.63, 3.8) is 0 Å². The molecule has 4 saturated heterocycles. The molecule has 2 aromatic carbocycles. The summed E-state index contributed by atoms with van der Waals surface area (Å²) in [7, 11) is 0. The molecule has 0 aliphatic carbocycles. The molecule has 21 heteroatoms. The van der Waals surface area contributed by atoms with Crippen LogP contribution in [-0.2, 0) is 41.6 Å². The maximum atomic E-state index is 12.8. The number of benzene rings is 2. The number of aliphatic hydroxyl groups is 1. The van der Waals surface area contributed by atoms with Gasteiger partial charge in [0.2, 0.25) is 11.8 Å². The van der Waals surface area contributed by atoms with Gasteiger partial charge in [-0.2, -0.15) is 0 Å². The number of nitrogens with zero attached hydrogens (tertiary/aromatic N) is 10. The molecule has 0 spiro atoms. The van der Waals surface area contributed by atoms with Crippen molar-refractivity contribution in [3.05, 3.63) is 97.1 Å². The molecule has 6 aromatic rings. The lowest BCUT2D eigenvalue weighted by Crippen LogP contribution is -2.42. The maximum absolute atomic E-state index is 12.8. The Kier molecular flexibility index (Phi) is 13.4. The Hall–Kier alpha value is -7.10. The molecule has 0 saturated carbocycles. The van der Waals surface area contributed by atoms with Crippen LogP contribution >= 0.6 is 0 Å². The lowest BCUT2D eigenvalue weighted by Gasteiger charge is -2.24. The molecule has 8 heterocycles. The third-order valence-corrected chi connectivity index (χ3v) is 12.1. The normalized spacial score (nSPS) is 24.0. The fourth-order valence-electron chi connectivity index (χ4n) is 8.68. The van der Waals surface area contributed by atoms with Crippen LogP contribution in [0.25, 0.3) is 22.3 Å². The zero-order valence-electron chi connectivity index (χ0n) is 36.9. The molecule has 8 atom stereocenters. The molecule has 352 valence electrons. The van der Waals surface area contributed by atoms with E-state index >= 15 is 0 Å². The number of carbonyl (C=O) groups excluding carboxylic acids is 4. The van der Waals surface area contributed by atoms with E-state index in [4.69, 9.17) is 18.9 Å². The number of nitrogens with one attached hydrogen (secondary N) is 2. The minimum Gasteiger partial charge on any atom is -0.439 e. The van der Waals surface area contributed by atoms with Gasteiger partial charge >= 0.3 is 12.2 Å². The van der Waals surface area contributed by atoms with Gasteiger partial charge < -0.3 is 34.7 Å². The number of ether oxygens (including phenoxy) is 4. The summed E-state index contributed by atoms with van der Waals surface area (Å²) in [6, 6.07) is 18.7. The van der Waals surface area contributed by atoms with Crippen LogP contribution in [0.15, 0.2) is 86.0 Å². The summed E-state index contributed by atoms with van der Waals surface area (Å²) in [5, 5.41) is 15.5. The summed E-state index contributed by atoms with van der Waals surface area (Å²) in [6.07, 6.45) is 2.36. The Morgan fingerprint density at radius 2 is 1.06 bits per heavy atom. The first-order chi connectivity index (χ1) is 31.9. The van der Waals surface area contributed by atoms with E-state index in [9.17, 15) is 24.3 Å². The number of anilines is 2. The quantitative estimate of drug-likeness (QED) is 0.138. The largest absolute Gasteiger partial charge is 0.439 e. The van der Waals surface area contributed by atoms with Gasteiger partial charge in [0, 0.05) is 24.9 Å². The topological polar surface area (TPSA) is 243 Å². The van der Waals surface area contributed by atoms with Crippen molar-refractivity contribution in [2.24, 2.45) is 11.8 Å². The van der Waals surface area contributed by atoms with Crippen LogP contribution in [0.2, 0.25) is 0 Å². The first-order valence-electron chi connectivity index (χ1n) is 21.9. The van der Waals surface area contributed by atoms with Crippen LogP contribution in [0.5, 0.6) is 0 Å². The van der Waals surface area contributed by atoms with Crippen LogP contribution in [0.4, 0.5) is 21.2 Å². The summed E-state index contributed by atoms with van der Waals surface area (Å²) in [4.78, 5) is 79.0. The average molecular weight is 919 g/mol. The number of imidazole rings is 2. The van der Waals surface area contributed by atoms with Crippen molar-refractivity contribution in [1.29, 1.82) is 0 Å². The van der Waals surface area contributed by atoms with Crippen molar-refractivity contribution in [1.82, 2.24) is 48.8 Å². The van der Waals surface area contributed by atoms with Gasteiger partial charge in [0.25, 0.3) is 0 Å². The van der Waals surface area contributed by atoms with E-state index in [2.05, 4.69) is 40.5 Å². The Morgan fingerprint density at radius 3 is 1.46 bits per heavy atom. The van der Waals surface area contributed by atoms with Crippen LogP contribution < -0.4 is 10.6 Å². The number of carbonyl (C=O) groups is 4. The predicted molar refractivity (Wildman–Crippen MR) is 242 cm³/mol. The number of rotatable bonds is 12. The Bertz CT molecular complexity index is 2550. The molecule has 67 heavy (non-hydrogen) atoms. The molecule has 0 radical (unpaired) electrons. The van der Waals surface area contributed by atoms with E-state index in [-0.39, 0.29) is 55.9 Å². The Morgan fingerprint density at radius 1 is 0.642 bits per heavy atom. The van der Waals surface area contributed by atoms with E-state index in [0.29, 0.717) is 47.1 Å². The SMILES string of the molecule is C.CC(C)C(=O)Nc1ncnc2c1ncn2[C@@H]1O[C@H](CO)[C@@H]2[C@H]1OC(=O)N2Cc1ccccc1.CC[C@H]1O[C@@H](n2cnc3c(NC(=O)C(C)C)ncnc32)[C@@H]2OC(=O)N(Cc3ccccc3)[C@@H]21. The molecule has 0 bridgehead atoms. The molecular weight excluding hydrogens is 865 g/mol. The van der Waals surface area contributed by atoms with Gasteiger partial charge in [-0.25, -0.2) is 39.5 Å². The number of hydrogen-bond donors (Lipinski definition) is 3. The summed E-state index contributed by atoms with van der Waals surface area (Å²) < 4.78 is 27.4. The Labute approximate surface area is 385 Å². The van der Waals surface area contributed by atoms with E-state index in [1.165, 1.54) is 19.0 Å². The lowest BCUT2D eigenvalue weighted by atomic mass is 10.0. The summed E-state index contributed by atoms with van der Waals surface area (Å²) in [5.74, 6) is -0.143. The number of hydrogen-bond acceptors (Lipinski definition) is 15. The monoisotopic (exact) mass is 918 g/mol. The van der Waals surface area contributed by atoms with Crippen molar-refractivity contribution < 1.29 is 43.2 Å². The molecule has 4 fully saturated rings. The Balaban J connectivity index is 0.000000179. The van der Waals surface area contributed by atoms with Crippen molar-refractivity contribution >= 4 is 58.0 Å². The van der Waals surface area contributed by atoms with Crippen LogP contribution in [0, 0.1) is 11.8 Å². The first kappa shape index (κ1) is 46.4. The van der Waals surface area contributed by atoms with Crippen LogP contribution in [0.1, 0.15) is 72.0 Å². The highest BCUT2D eigenvalue weighted by Gasteiger charge is 2.58.